The summed E-state index contributed by atoms with van der Waals surface area (Å²) in [6, 6.07) is 13.0. The van der Waals surface area contributed by atoms with E-state index in [0.29, 0.717) is 23.7 Å². The van der Waals surface area contributed by atoms with Gasteiger partial charge in [-0.3, -0.25) is 4.79 Å². The Morgan fingerprint density at radius 3 is 2.38 bits per heavy atom. The molecule has 0 heterocycles. The number of aliphatic carboxylic acids is 1. The molecule has 0 unspecified atom stereocenters. The molecule has 0 radical (unpaired) electrons. The molecule has 0 fully saturated rings. The van der Waals surface area contributed by atoms with Crippen molar-refractivity contribution in [2.24, 2.45) is 0 Å². The highest BCUT2D eigenvalue weighted by atomic mass is 16.5. The zero-order valence-corrected chi connectivity index (χ0v) is 14.5. The van der Waals surface area contributed by atoms with Crippen LogP contribution in [0.5, 0.6) is 11.5 Å². The third kappa shape index (κ3) is 4.14. The molecule has 0 atom stereocenters. The second-order valence-corrected chi connectivity index (χ2v) is 6.12. The molecule has 6 heteroatoms. The average Bonchev–Trinajstić information content (AvgIpc) is 3.03. The van der Waals surface area contributed by atoms with Crippen LogP contribution in [0.25, 0.3) is 0 Å². The van der Waals surface area contributed by atoms with Gasteiger partial charge in [-0.05, 0) is 49.1 Å². The summed E-state index contributed by atoms with van der Waals surface area (Å²) in [5.74, 6) is -0.598. The second-order valence-electron chi connectivity index (χ2n) is 6.12. The topological polar surface area (TPSA) is 84.9 Å². The molecular weight excluding hydrogens is 334 g/mol. The summed E-state index contributed by atoms with van der Waals surface area (Å²) in [7, 11) is 0. The fraction of sp³-hybridized carbons (Fsp3) is 0.300. The van der Waals surface area contributed by atoms with Crippen LogP contribution in [0.15, 0.2) is 42.5 Å². The highest BCUT2D eigenvalue weighted by Crippen LogP contribution is 2.29. The quantitative estimate of drug-likeness (QED) is 0.797. The van der Waals surface area contributed by atoms with Crippen LogP contribution < -0.4 is 14.8 Å². The van der Waals surface area contributed by atoms with E-state index >= 15 is 0 Å². The fourth-order valence-corrected chi connectivity index (χ4v) is 3.11. The number of carboxylic acid groups (broad SMARTS) is 1. The molecular formula is C20H21NO5. The van der Waals surface area contributed by atoms with E-state index in [9.17, 15) is 9.59 Å². The van der Waals surface area contributed by atoms with Gasteiger partial charge in [0, 0.05) is 11.6 Å². The van der Waals surface area contributed by atoms with Crippen molar-refractivity contribution < 1.29 is 24.2 Å². The standard InChI is InChI=1S/C20H21NO5/c1-2-25-18-11-15(7-8-17(18)26-12-19(22)23)20(24)21-16-9-13-5-3-4-6-14(13)10-16/h3-8,11,16H,2,9-10,12H2,1H3,(H,21,24)(H,22,23). The Morgan fingerprint density at radius 1 is 1.08 bits per heavy atom. The lowest BCUT2D eigenvalue weighted by molar-refractivity contribution is -0.139. The largest absolute Gasteiger partial charge is 0.490 e. The molecule has 0 saturated heterocycles. The molecule has 136 valence electrons. The van der Waals surface area contributed by atoms with Crippen LogP contribution in [0.3, 0.4) is 0 Å². The average molecular weight is 355 g/mol. The summed E-state index contributed by atoms with van der Waals surface area (Å²) >= 11 is 0. The predicted octanol–water partition coefficient (Wildman–Crippen LogP) is 2.45. The van der Waals surface area contributed by atoms with Crippen molar-refractivity contribution in [1.82, 2.24) is 5.32 Å². The number of benzene rings is 2. The van der Waals surface area contributed by atoms with Gasteiger partial charge in [0.05, 0.1) is 6.61 Å². The van der Waals surface area contributed by atoms with Crippen LogP contribution in [-0.2, 0) is 17.6 Å². The van der Waals surface area contributed by atoms with Crippen molar-refractivity contribution in [3.05, 3.63) is 59.2 Å². The van der Waals surface area contributed by atoms with Crippen LogP contribution in [-0.4, -0.2) is 36.2 Å². The smallest absolute Gasteiger partial charge is 0.341 e. The first-order valence-corrected chi connectivity index (χ1v) is 8.56. The third-order valence-corrected chi connectivity index (χ3v) is 4.24. The van der Waals surface area contributed by atoms with Crippen molar-refractivity contribution in [3.8, 4) is 11.5 Å². The van der Waals surface area contributed by atoms with Crippen molar-refractivity contribution in [1.29, 1.82) is 0 Å². The molecule has 0 spiro atoms. The van der Waals surface area contributed by atoms with Gasteiger partial charge in [-0.15, -0.1) is 0 Å². The van der Waals surface area contributed by atoms with Crippen LogP contribution in [0.4, 0.5) is 0 Å². The third-order valence-electron chi connectivity index (χ3n) is 4.24. The Morgan fingerprint density at radius 2 is 1.77 bits per heavy atom. The molecule has 1 aliphatic rings. The van der Waals surface area contributed by atoms with Gasteiger partial charge in [0.25, 0.3) is 5.91 Å². The maximum atomic E-state index is 12.6. The number of carboxylic acids is 1. The normalized spacial score (nSPS) is 13.1. The number of rotatable bonds is 7. The molecule has 2 aromatic rings. The zero-order valence-electron chi connectivity index (χ0n) is 14.5. The van der Waals surface area contributed by atoms with E-state index in [2.05, 4.69) is 17.4 Å². The van der Waals surface area contributed by atoms with Crippen LogP contribution in [0, 0.1) is 0 Å². The summed E-state index contributed by atoms with van der Waals surface area (Å²) in [4.78, 5) is 23.3. The number of hydrogen-bond acceptors (Lipinski definition) is 4. The molecule has 0 aliphatic heterocycles. The van der Waals surface area contributed by atoms with Gasteiger partial charge in [-0.1, -0.05) is 24.3 Å². The predicted molar refractivity (Wildman–Crippen MR) is 95.8 cm³/mol. The lowest BCUT2D eigenvalue weighted by Crippen LogP contribution is -2.35. The van der Waals surface area contributed by atoms with E-state index < -0.39 is 12.6 Å². The van der Waals surface area contributed by atoms with E-state index in [0.717, 1.165) is 12.8 Å². The van der Waals surface area contributed by atoms with Gasteiger partial charge in [-0.25, -0.2) is 4.79 Å². The Labute approximate surface area is 151 Å². The summed E-state index contributed by atoms with van der Waals surface area (Å²) in [5.41, 5.74) is 2.99. The Balaban J connectivity index is 1.69. The highest BCUT2D eigenvalue weighted by molar-refractivity contribution is 5.95. The highest BCUT2D eigenvalue weighted by Gasteiger charge is 2.23. The lowest BCUT2D eigenvalue weighted by Gasteiger charge is -2.15. The molecule has 1 aliphatic carbocycles. The van der Waals surface area contributed by atoms with E-state index in [1.807, 2.05) is 19.1 Å². The van der Waals surface area contributed by atoms with Gasteiger partial charge in [-0.2, -0.15) is 0 Å². The van der Waals surface area contributed by atoms with Crippen molar-refractivity contribution in [2.75, 3.05) is 13.2 Å². The number of fused-ring (bicyclic) bond motifs is 1. The molecule has 3 rings (SSSR count). The number of ether oxygens (including phenoxy) is 2. The maximum Gasteiger partial charge on any atom is 0.341 e. The first-order valence-electron chi connectivity index (χ1n) is 8.56. The van der Waals surface area contributed by atoms with Crippen molar-refractivity contribution >= 4 is 11.9 Å². The molecule has 1 amide bonds. The molecule has 2 N–H and O–H groups in total. The molecule has 0 aromatic heterocycles. The summed E-state index contributed by atoms with van der Waals surface area (Å²) in [6.07, 6.45) is 1.64. The monoisotopic (exact) mass is 355 g/mol. The van der Waals surface area contributed by atoms with E-state index in [4.69, 9.17) is 14.6 Å². The van der Waals surface area contributed by atoms with Crippen molar-refractivity contribution in [2.45, 2.75) is 25.8 Å². The van der Waals surface area contributed by atoms with Crippen molar-refractivity contribution in [3.63, 3.8) is 0 Å². The van der Waals surface area contributed by atoms with Crippen LogP contribution in [0.2, 0.25) is 0 Å². The molecule has 0 bridgehead atoms. The summed E-state index contributed by atoms with van der Waals surface area (Å²) in [6.45, 7) is 1.72. The number of amides is 1. The van der Waals surface area contributed by atoms with Crippen LogP contribution >= 0.6 is 0 Å². The second kappa shape index (κ2) is 7.91. The minimum Gasteiger partial charge on any atom is -0.490 e. The minimum atomic E-state index is -1.07. The maximum absolute atomic E-state index is 12.6. The van der Waals surface area contributed by atoms with Gasteiger partial charge >= 0.3 is 5.97 Å². The Hall–Kier alpha value is -3.02. The minimum absolute atomic E-state index is 0.0679. The number of carbonyl (C=O) groups is 2. The first kappa shape index (κ1) is 17.8. The molecule has 2 aromatic carbocycles. The number of carbonyl (C=O) groups excluding carboxylic acids is 1. The van der Waals surface area contributed by atoms with E-state index in [1.54, 1.807) is 18.2 Å². The number of nitrogens with one attached hydrogen (secondary N) is 1. The lowest BCUT2D eigenvalue weighted by atomic mass is 10.1. The summed E-state index contributed by atoms with van der Waals surface area (Å²) < 4.78 is 10.7. The van der Waals surface area contributed by atoms with E-state index in [1.165, 1.54) is 11.1 Å². The fourth-order valence-electron chi connectivity index (χ4n) is 3.11. The molecule has 0 saturated carbocycles. The zero-order chi connectivity index (χ0) is 18.5. The number of hydrogen-bond donors (Lipinski definition) is 2. The molecule has 26 heavy (non-hydrogen) atoms. The van der Waals surface area contributed by atoms with Gasteiger partial charge in [0.2, 0.25) is 0 Å². The van der Waals surface area contributed by atoms with Crippen LogP contribution in [0.1, 0.15) is 28.4 Å². The van der Waals surface area contributed by atoms with Gasteiger partial charge in [0.1, 0.15) is 0 Å². The van der Waals surface area contributed by atoms with Gasteiger partial charge < -0.3 is 19.9 Å². The Kier molecular flexibility index (Phi) is 5.41. The Bertz CT molecular complexity index is 793. The van der Waals surface area contributed by atoms with Gasteiger partial charge in [0.15, 0.2) is 18.1 Å². The van der Waals surface area contributed by atoms with E-state index in [-0.39, 0.29) is 11.9 Å². The summed E-state index contributed by atoms with van der Waals surface area (Å²) in [5, 5.41) is 11.8. The first-order chi connectivity index (χ1) is 12.6. The SMILES string of the molecule is CCOc1cc(C(=O)NC2Cc3ccccc3C2)ccc1OCC(=O)O. The molecule has 6 nitrogen and oxygen atoms in total.